The molecule has 1 rings (SSSR count). The Kier molecular flexibility index (Phi) is 5.38. The summed E-state index contributed by atoms with van der Waals surface area (Å²) in [7, 11) is -3.69. The summed E-state index contributed by atoms with van der Waals surface area (Å²) in [6, 6.07) is 5.94. The van der Waals surface area contributed by atoms with Crippen molar-refractivity contribution in [3.05, 3.63) is 29.3 Å². The fraction of sp³-hybridized carbons (Fsp3) is 0.538. The zero-order chi connectivity index (χ0) is 14.7. The minimum Gasteiger partial charge on any atom is -0.396 e. The number of halogens is 1. The molecule has 0 aliphatic rings. The van der Waals surface area contributed by atoms with Crippen LogP contribution in [0.2, 0.25) is 5.02 Å². The molecule has 2 N–H and O–H groups in total. The van der Waals surface area contributed by atoms with Crippen molar-refractivity contribution in [1.29, 1.82) is 0 Å². The van der Waals surface area contributed by atoms with Crippen molar-refractivity contribution < 1.29 is 13.5 Å². The van der Waals surface area contributed by atoms with Gasteiger partial charge >= 0.3 is 0 Å². The third kappa shape index (κ3) is 4.45. The van der Waals surface area contributed by atoms with Crippen molar-refractivity contribution in [3.63, 3.8) is 0 Å². The van der Waals surface area contributed by atoms with Gasteiger partial charge < -0.3 is 5.11 Å². The van der Waals surface area contributed by atoms with E-state index in [1.54, 1.807) is 12.1 Å². The number of nitrogens with one attached hydrogen (secondary N) is 1. The molecule has 4 nitrogen and oxygen atoms in total. The van der Waals surface area contributed by atoms with Crippen LogP contribution in [0.1, 0.15) is 27.2 Å². The van der Waals surface area contributed by atoms with Crippen molar-refractivity contribution in [1.82, 2.24) is 4.72 Å². The predicted octanol–water partition coefficient (Wildman–Crippen LogP) is 2.42. The van der Waals surface area contributed by atoms with Gasteiger partial charge in [0, 0.05) is 12.6 Å². The number of sulfonamides is 1. The van der Waals surface area contributed by atoms with Crippen LogP contribution in [0.15, 0.2) is 29.2 Å². The molecule has 0 amide bonds. The Hall–Kier alpha value is -0.620. The summed E-state index contributed by atoms with van der Waals surface area (Å²) in [5.74, 6) is 0. The van der Waals surface area contributed by atoms with Gasteiger partial charge in [-0.15, -0.1) is 0 Å². The van der Waals surface area contributed by atoms with Crippen LogP contribution in [0.25, 0.3) is 0 Å². The van der Waals surface area contributed by atoms with Gasteiger partial charge in [-0.3, -0.25) is 0 Å². The van der Waals surface area contributed by atoms with E-state index in [1.807, 2.05) is 20.8 Å². The molecule has 0 aliphatic carbocycles. The Bertz CT molecular complexity index is 523. The molecule has 108 valence electrons. The SMILES string of the molecule is CC(C)(C)C(CCO)NS(=O)(=O)c1ccccc1Cl. The Balaban J connectivity index is 3.05. The smallest absolute Gasteiger partial charge is 0.242 e. The van der Waals surface area contributed by atoms with Crippen LogP contribution in [0, 0.1) is 5.41 Å². The fourth-order valence-corrected chi connectivity index (χ4v) is 3.71. The predicted molar refractivity (Wildman–Crippen MR) is 76.7 cm³/mol. The molecule has 0 saturated carbocycles. The highest BCUT2D eigenvalue weighted by molar-refractivity contribution is 7.89. The molecule has 1 atom stereocenters. The van der Waals surface area contributed by atoms with Crippen LogP contribution in [-0.2, 0) is 10.0 Å². The number of benzene rings is 1. The highest BCUT2D eigenvalue weighted by Crippen LogP contribution is 2.26. The van der Waals surface area contributed by atoms with Crippen LogP contribution < -0.4 is 4.72 Å². The van der Waals surface area contributed by atoms with E-state index >= 15 is 0 Å². The molecule has 0 bridgehead atoms. The first kappa shape index (κ1) is 16.4. The van der Waals surface area contributed by atoms with Crippen LogP contribution in [0.3, 0.4) is 0 Å². The van der Waals surface area contributed by atoms with Crippen molar-refractivity contribution in [2.75, 3.05) is 6.61 Å². The molecule has 0 spiro atoms. The number of aliphatic hydroxyl groups excluding tert-OH is 1. The minimum absolute atomic E-state index is 0.0591. The third-order valence-electron chi connectivity index (χ3n) is 2.89. The molecule has 0 aromatic heterocycles. The molecule has 0 aliphatic heterocycles. The van der Waals surface area contributed by atoms with Gasteiger partial charge in [-0.05, 0) is 24.0 Å². The standard InChI is InChI=1S/C13H20ClNO3S/c1-13(2,3)12(8-9-16)15-19(17,18)11-7-5-4-6-10(11)14/h4-7,12,15-16H,8-9H2,1-3H3. The lowest BCUT2D eigenvalue weighted by molar-refractivity contribution is 0.214. The maximum Gasteiger partial charge on any atom is 0.242 e. The Morgan fingerprint density at radius 1 is 1.32 bits per heavy atom. The van der Waals surface area contributed by atoms with Gasteiger partial charge in [-0.1, -0.05) is 44.5 Å². The second-order valence-corrected chi connectivity index (χ2v) is 7.57. The summed E-state index contributed by atoms with van der Waals surface area (Å²) >= 11 is 5.91. The van der Waals surface area contributed by atoms with E-state index in [2.05, 4.69) is 4.72 Å². The van der Waals surface area contributed by atoms with E-state index in [9.17, 15) is 8.42 Å². The van der Waals surface area contributed by atoms with Gasteiger partial charge in [0.2, 0.25) is 10.0 Å². The highest BCUT2D eigenvalue weighted by Gasteiger charge is 2.29. The molecule has 0 radical (unpaired) electrons. The van der Waals surface area contributed by atoms with E-state index in [0.29, 0.717) is 6.42 Å². The molecule has 1 aromatic carbocycles. The van der Waals surface area contributed by atoms with E-state index in [0.717, 1.165) is 0 Å². The fourth-order valence-electron chi connectivity index (χ4n) is 1.71. The van der Waals surface area contributed by atoms with Gasteiger partial charge in [0.1, 0.15) is 4.90 Å². The van der Waals surface area contributed by atoms with Crippen LogP contribution in [0.5, 0.6) is 0 Å². The summed E-state index contributed by atoms with van der Waals surface area (Å²) in [6.07, 6.45) is 0.354. The average molecular weight is 306 g/mol. The molecule has 1 unspecified atom stereocenters. The quantitative estimate of drug-likeness (QED) is 0.878. The molecule has 0 heterocycles. The molecule has 19 heavy (non-hydrogen) atoms. The average Bonchev–Trinajstić information content (AvgIpc) is 2.27. The molecule has 6 heteroatoms. The summed E-state index contributed by atoms with van der Waals surface area (Å²) in [4.78, 5) is 0.0591. The summed E-state index contributed by atoms with van der Waals surface area (Å²) < 4.78 is 27.2. The first-order valence-electron chi connectivity index (χ1n) is 6.06. The lowest BCUT2D eigenvalue weighted by Gasteiger charge is -2.30. The van der Waals surface area contributed by atoms with E-state index in [1.165, 1.54) is 12.1 Å². The van der Waals surface area contributed by atoms with Crippen LogP contribution >= 0.6 is 11.6 Å². The monoisotopic (exact) mass is 305 g/mol. The van der Waals surface area contributed by atoms with Crippen molar-refractivity contribution in [2.24, 2.45) is 5.41 Å². The number of hydrogen-bond donors (Lipinski definition) is 2. The maximum atomic E-state index is 12.3. The lowest BCUT2D eigenvalue weighted by atomic mass is 9.86. The van der Waals surface area contributed by atoms with Gasteiger partial charge in [0.25, 0.3) is 0 Å². The molecular weight excluding hydrogens is 286 g/mol. The van der Waals surface area contributed by atoms with Gasteiger partial charge in [-0.2, -0.15) is 0 Å². The molecule has 1 aromatic rings. The topological polar surface area (TPSA) is 66.4 Å². The van der Waals surface area contributed by atoms with Crippen LogP contribution in [-0.4, -0.2) is 26.2 Å². The summed E-state index contributed by atoms with van der Waals surface area (Å²) in [5.41, 5.74) is -0.295. The van der Waals surface area contributed by atoms with E-state index in [-0.39, 0.29) is 28.0 Å². The minimum atomic E-state index is -3.69. The number of hydrogen-bond acceptors (Lipinski definition) is 3. The second-order valence-electron chi connectivity index (χ2n) is 5.48. The first-order chi connectivity index (χ1) is 8.68. The summed E-state index contributed by atoms with van der Waals surface area (Å²) in [6.45, 7) is 5.68. The normalized spacial score (nSPS) is 14.4. The zero-order valence-corrected chi connectivity index (χ0v) is 12.9. The van der Waals surface area contributed by atoms with Crippen molar-refractivity contribution in [3.8, 4) is 0 Å². The summed E-state index contributed by atoms with van der Waals surface area (Å²) in [5, 5.41) is 9.25. The Morgan fingerprint density at radius 3 is 2.37 bits per heavy atom. The van der Waals surface area contributed by atoms with Gasteiger partial charge in [0.15, 0.2) is 0 Å². The van der Waals surface area contributed by atoms with E-state index < -0.39 is 10.0 Å². The molecule has 0 fully saturated rings. The first-order valence-corrected chi connectivity index (χ1v) is 7.92. The zero-order valence-electron chi connectivity index (χ0n) is 11.4. The van der Waals surface area contributed by atoms with Crippen molar-refractivity contribution >= 4 is 21.6 Å². The number of aliphatic hydroxyl groups is 1. The Labute approximate surface area is 119 Å². The lowest BCUT2D eigenvalue weighted by Crippen LogP contribution is -2.44. The van der Waals surface area contributed by atoms with Crippen LogP contribution in [0.4, 0.5) is 0 Å². The van der Waals surface area contributed by atoms with Gasteiger partial charge in [-0.25, -0.2) is 13.1 Å². The maximum absolute atomic E-state index is 12.3. The number of rotatable bonds is 5. The second kappa shape index (κ2) is 6.22. The van der Waals surface area contributed by atoms with Gasteiger partial charge in [0.05, 0.1) is 5.02 Å². The molecule has 0 saturated heterocycles. The largest absolute Gasteiger partial charge is 0.396 e. The van der Waals surface area contributed by atoms with E-state index in [4.69, 9.17) is 16.7 Å². The third-order valence-corrected chi connectivity index (χ3v) is 4.86. The van der Waals surface area contributed by atoms with Crippen molar-refractivity contribution in [2.45, 2.75) is 38.1 Å². The highest BCUT2D eigenvalue weighted by atomic mass is 35.5. The Morgan fingerprint density at radius 2 is 1.89 bits per heavy atom. The molecular formula is C13H20ClNO3S.